The number of aromatic nitrogens is 7. The first kappa shape index (κ1) is 35.8. The molecule has 0 atom stereocenters. The number of nitrogens with zero attached hydrogens (tertiary/aromatic N) is 7. The molecule has 7 heterocycles. The largest absolute Gasteiger partial charge is 0.418 e. The molecule has 0 fully saturated rings. The average molecular weight is 745 g/mol. The number of pyridine rings is 7. The minimum Gasteiger partial charge on any atom is -0.340 e. The molecule has 0 aliphatic heterocycles. The average Bonchev–Trinajstić information content (AvgIpc) is 3.11. The van der Waals surface area contributed by atoms with Gasteiger partial charge in [0, 0.05) is 41.8 Å². The van der Waals surface area contributed by atoms with Gasteiger partial charge < -0.3 is 5.32 Å². The zero-order chi connectivity index (χ0) is 37.3. The van der Waals surface area contributed by atoms with Crippen molar-refractivity contribution in [2.75, 3.05) is 5.32 Å². The Morgan fingerprint density at radius 2 is 1.04 bits per heavy atom. The van der Waals surface area contributed by atoms with Crippen molar-refractivity contribution < 1.29 is 39.5 Å². The molecule has 0 radical (unpaired) electrons. The predicted octanol–water partition coefficient (Wildman–Crippen LogP) is 10.2. The normalized spacial score (nSPS) is 12.0. The topological polar surface area (TPSA) is 102 Å². The van der Waals surface area contributed by atoms with E-state index in [-0.39, 0.29) is 39.9 Å². The van der Waals surface area contributed by atoms with E-state index in [2.05, 4.69) is 40.2 Å². The second kappa shape index (κ2) is 14.0. The van der Waals surface area contributed by atoms with Gasteiger partial charge in [0.1, 0.15) is 17.2 Å². The molecule has 0 saturated carbocycles. The summed E-state index contributed by atoms with van der Waals surface area (Å²) in [4.78, 5) is 27.8. The molecule has 7 aromatic heterocycles. The molecular formula is C34H18ClF9N8. The highest BCUT2D eigenvalue weighted by atomic mass is 35.5. The van der Waals surface area contributed by atoms with Crippen molar-refractivity contribution in [3.05, 3.63) is 125 Å². The summed E-state index contributed by atoms with van der Waals surface area (Å²) in [6.07, 6.45) is -7.57. The minimum atomic E-state index is -4.61. The molecule has 0 aromatic carbocycles. The Morgan fingerprint density at radius 1 is 0.500 bits per heavy atom. The Labute approximate surface area is 291 Å². The van der Waals surface area contributed by atoms with Crippen LogP contribution in [-0.4, -0.2) is 34.9 Å². The summed E-state index contributed by atoms with van der Waals surface area (Å²) in [7, 11) is 0. The van der Waals surface area contributed by atoms with Crippen LogP contribution in [0, 0.1) is 0 Å². The maximum absolute atomic E-state index is 13.3. The smallest absolute Gasteiger partial charge is 0.340 e. The second-order valence-corrected chi connectivity index (χ2v) is 11.0. The van der Waals surface area contributed by atoms with Crippen molar-refractivity contribution >= 4 is 45.2 Å². The maximum atomic E-state index is 13.3. The third-order valence-corrected chi connectivity index (χ3v) is 7.55. The highest BCUT2D eigenvalue weighted by Crippen LogP contribution is 2.37. The van der Waals surface area contributed by atoms with Crippen LogP contribution in [0.1, 0.15) is 16.7 Å². The molecule has 0 bridgehead atoms. The SMILES string of the molecule is FC(F)(F)c1ccc(Nc2ccnc3nc(-c4ncccc4C(F)(F)F)ccc23)nc1.FC(F)(F)c1cccnc1-c1ccc2c(Cl)ccnc2n1. The van der Waals surface area contributed by atoms with Gasteiger partial charge in [-0.3, -0.25) is 9.97 Å². The van der Waals surface area contributed by atoms with E-state index in [0.29, 0.717) is 27.7 Å². The summed E-state index contributed by atoms with van der Waals surface area (Å²) in [5.41, 5.74) is -2.29. The monoisotopic (exact) mass is 744 g/mol. The van der Waals surface area contributed by atoms with Crippen molar-refractivity contribution in [1.82, 2.24) is 34.9 Å². The standard InChI is InChI=1S/C20H11F6N5.C14H7ClF3N3/c21-19(22,23)11-3-6-16(29-10-11)30-14-7-9-28-18-12(14)4-5-15(31-18)17-13(20(24,25)26)2-1-8-27-17;15-10-5-7-20-13-8(10)3-4-11(21-13)12-9(14(16,17)18)2-1-6-19-12/h1-10H,(H,28,29,30,31);1-7H. The number of hydrogen-bond donors (Lipinski definition) is 1. The molecule has 18 heteroatoms. The highest BCUT2D eigenvalue weighted by Gasteiger charge is 2.36. The van der Waals surface area contributed by atoms with Crippen LogP contribution in [0.4, 0.5) is 51.0 Å². The summed E-state index contributed by atoms with van der Waals surface area (Å²) in [6.45, 7) is 0. The first-order valence-electron chi connectivity index (χ1n) is 14.6. The van der Waals surface area contributed by atoms with E-state index in [9.17, 15) is 39.5 Å². The van der Waals surface area contributed by atoms with Crippen molar-refractivity contribution in [3.63, 3.8) is 0 Å². The fraction of sp³-hybridized carbons (Fsp3) is 0.0882. The quantitative estimate of drug-likeness (QED) is 0.178. The molecule has 1 N–H and O–H groups in total. The van der Waals surface area contributed by atoms with Gasteiger partial charge in [-0.05, 0) is 72.8 Å². The first-order valence-corrected chi connectivity index (χ1v) is 15.0. The van der Waals surface area contributed by atoms with E-state index in [0.717, 1.165) is 18.2 Å². The molecule has 0 spiro atoms. The molecular weight excluding hydrogens is 727 g/mol. The zero-order valence-corrected chi connectivity index (χ0v) is 26.5. The summed E-state index contributed by atoms with van der Waals surface area (Å²) < 4.78 is 117. The maximum Gasteiger partial charge on any atom is 0.418 e. The van der Waals surface area contributed by atoms with Crippen molar-refractivity contribution in [2.24, 2.45) is 0 Å². The number of fused-ring (bicyclic) bond motifs is 2. The number of alkyl halides is 9. The summed E-state index contributed by atoms with van der Waals surface area (Å²) in [6, 6.07) is 15.4. The Balaban J connectivity index is 0.000000192. The number of nitrogens with one attached hydrogen (secondary N) is 1. The van der Waals surface area contributed by atoms with Gasteiger partial charge in [-0.2, -0.15) is 39.5 Å². The predicted molar refractivity (Wildman–Crippen MR) is 173 cm³/mol. The summed E-state index contributed by atoms with van der Waals surface area (Å²) in [5.74, 6) is 0.147. The van der Waals surface area contributed by atoms with Crippen LogP contribution in [0.2, 0.25) is 5.02 Å². The number of hydrogen-bond acceptors (Lipinski definition) is 8. The molecule has 7 aromatic rings. The lowest BCUT2D eigenvalue weighted by Crippen LogP contribution is -2.09. The molecule has 0 saturated heterocycles. The van der Waals surface area contributed by atoms with Crippen LogP contribution >= 0.6 is 11.6 Å². The van der Waals surface area contributed by atoms with Gasteiger partial charge in [0.25, 0.3) is 0 Å². The van der Waals surface area contributed by atoms with Crippen LogP contribution in [0.15, 0.2) is 104 Å². The van der Waals surface area contributed by atoms with Crippen molar-refractivity contribution in [1.29, 1.82) is 0 Å². The lowest BCUT2D eigenvalue weighted by molar-refractivity contribution is -0.138. The van der Waals surface area contributed by atoms with Crippen LogP contribution in [0.25, 0.3) is 44.8 Å². The molecule has 0 aliphatic carbocycles. The van der Waals surface area contributed by atoms with Gasteiger partial charge in [-0.25, -0.2) is 24.9 Å². The molecule has 52 heavy (non-hydrogen) atoms. The van der Waals surface area contributed by atoms with Crippen molar-refractivity contribution in [3.8, 4) is 22.8 Å². The fourth-order valence-corrected chi connectivity index (χ4v) is 5.05. The lowest BCUT2D eigenvalue weighted by atomic mass is 10.1. The molecule has 0 amide bonds. The van der Waals surface area contributed by atoms with Gasteiger partial charge in [0.2, 0.25) is 0 Å². The fourth-order valence-electron chi connectivity index (χ4n) is 4.85. The van der Waals surface area contributed by atoms with E-state index >= 15 is 0 Å². The van der Waals surface area contributed by atoms with Gasteiger partial charge >= 0.3 is 18.5 Å². The molecule has 0 unspecified atom stereocenters. The van der Waals surface area contributed by atoms with Gasteiger partial charge in [0.05, 0.1) is 38.8 Å². The highest BCUT2D eigenvalue weighted by molar-refractivity contribution is 6.35. The number of halogens is 10. The Hall–Kier alpha value is -5.97. The number of anilines is 2. The van der Waals surface area contributed by atoms with E-state index in [1.807, 2.05) is 0 Å². The van der Waals surface area contributed by atoms with E-state index in [1.54, 1.807) is 18.2 Å². The van der Waals surface area contributed by atoms with Crippen LogP contribution in [0.5, 0.6) is 0 Å². The van der Waals surface area contributed by atoms with E-state index < -0.39 is 35.2 Å². The van der Waals surface area contributed by atoms with E-state index in [4.69, 9.17) is 11.6 Å². The molecule has 8 nitrogen and oxygen atoms in total. The zero-order valence-electron chi connectivity index (χ0n) is 25.7. The molecule has 0 aliphatic rings. The van der Waals surface area contributed by atoms with E-state index in [1.165, 1.54) is 61.2 Å². The van der Waals surface area contributed by atoms with Crippen LogP contribution in [0.3, 0.4) is 0 Å². The minimum absolute atomic E-state index is 0.0160. The Kier molecular flexibility index (Phi) is 9.63. The number of rotatable bonds is 4. The first-order chi connectivity index (χ1) is 24.6. The Bertz CT molecular complexity index is 2380. The van der Waals surface area contributed by atoms with Gasteiger partial charge in [-0.15, -0.1) is 0 Å². The summed E-state index contributed by atoms with van der Waals surface area (Å²) in [5, 5.41) is 4.33. The van der Waals surface area contributed by atoms with Crippen molar-refractivity contribution in [2.45, 2.75) is 18.5 Å². The van der Waals surface area contributed by atoms with Gasteiger partial charge in [0.15, 0.2) is 11.3 Å². The third-order valence-electron chi connectivity index (χ3n) is 7.22. The lowest BCUT2D eigenvalue weighted by Gasteiger charge is -2.13. The summed E-state index contributed by atoms with van der Waals surface area (Å²) >= 11 is 5.98. The second-order valence-electron chi connectivity index (χ2n) is 10.6. The third kappa shape index (κ3) is 7.83. The van der Waals surface area contributed by atoms with Gasteiger partial charge in [-0.1, -0.05) is 11.6 Å². The van der Waals surface area contributed by atoms with Crippen LogP contribution < -0.4 is 5.32 Å². The Morgan fingerprint density at radius 3 is 1.56 bits per heavy atom. The molecule has 264 valence electrons. The van der Waals surface area contributed by atoms with Crippen LogP contribution in [-0.2, 0) is 18.5 Å². The molecule has 7 rings (SSSR count).